The van der Waals surface area contributed by atoms with E-state index in [-0.39, 0.29) is 11.9 Å². The van der Waals surface area contributed by atoms with Crippen molar-refractivity contribution in [3.05, 3.63) is 70.3 Å². The number of hydrogen-bond acceptors (Lipinski definition) is 1. The lowest BCUT2D eigenvalue weighted by Gasteiger charge is -2.27. The zero-order valence-corrected chi connectivity index (χ0v) is 13.6. The third-order valence-corrected chi connectivity index (χ3v) is 4.90. The Hall–Kier alpha value is -2.09. The number of carbonyl (C=O) groups is 1. The summed E-state index contributed by atoms with van der Waals surface area (Å²) < 4.78 is 0. The Labute approximate surface area is 132 Å². The summed E-state index contributed by atoms with van der Waals surface area (Å²) in [6.07, 6.45) is 2.14. The van der Waals surface area contributed by atoms with Gasteiger partial charge in [-0.3, -0.25) is 4.79 Å². The monoisotopic (exact) mass is 293 g/mol. The highest BCUT2D eigenvalue weighted by atomic mass is 16.2. The molecule has 1 atom stereocenters. The molecule has 1 fully saturated rings. The van der Waals surface area contributed by atoms with Gasteiger partial charge in [0.2, 0.25) is 0 Å². The zero-order valence-electron chi connectivity index (χ0n) is 13.6. The van der Waals surface area contributed by atoms with Crippen LogP contribution in [0.25, 0.3) is 0 Å². The van der Waals surface area contributed by atoms with Gasteiger partial charge in [0.05, 0.1) is 6.04 Å². The van der Waals surface area contributed by atoms with Crippen LogP contribution in [0.15, 0.2) is 42.5 Å². The lowest BCUT2D eigenvalue weighted by Crippen LogP contribution is -2.31. The maximum atomic E-state index is 13.0. The third-order valence-electron chi connectivity index (χ3n) is 4.90. The first-order valence-corrected chi connectivity index (χ1v) is 8.02. The first kappa shape index (κ1) is 14.8. The Morgan fingerprint density at radius 1 is 1.00 bits per heavy atom. The van der Waals surface area contributed by atoms with Gasteiger partial charge in [0.25, 0.3) is 5.91 Å². The number of hydrogen-bond donors (Lipinski definition) is 0. The smallest absolute Gasteiger partial charge is 0.254 e. The average molecular weight is 293 g/mol. The lowest BCUT2D eigenvalue weighted by atomic mass is 9.98. The van der Waals surface area contributed by atoms with E-state index in [1.165, 1.54) is 16.7 Å². The van der Waals surface area contributed by atoms with Crippen LogP contribution >= 0.6 is 0 Å². The van der Waals surface area contributed by atoms with Gasteiger partial charge in [0, 0.05) is 12.1 Å². The molecule has 2 aromatic carbocycles. The molecule has 0 saturated carbocycles. The minimum Gasteiger partial charge on any atom is -0.332 e. The number of carbonyl (C=O) groups excluding carboxylic acids is 1. The summed E-state index contributed by atoms with van der Waals surface area (Å²) in [4.78, 5) is 15.1. The molecule has 0 bridgehead atoms. The first-order chi connectivity index (χ1) is 10.6. The fraction of sp³-hybridized carbons (Fsp3) is 0.350. The molecule has 114 valence electrons. The maximum absolute atomic E-state index is 13.0. The zero-order chi connectivity index (χ0) is 15.7. The van der Waals surface area contributed by atoms with Gasteiger partial charge < -0.3 is 4.90 Å². The molecule has 1 amide bonds. The van der Waals surface area contributed by atoms with E-state index in [2.05, 4.69) is 49.1 Å². The van der Waals surface area contributed by atoms with E-state index in [1.54, 1.807) is 0 Å². The van der Waals surface area contributed by atoms with Crippen molar-refractivity contribution in [2.24, 2.45) is 0 Å². The molecule has 2 heteroatoms. The van der Waals surface area contributed by atoms with Crippen LogP contribution in [0.3, 0.4) is 0 Å². The molecule has 2 aromatic rings. The Balaban J connectivity index is 1.95. The van der Waals surface area contributed by atoms with Crippen LogP contribution in [-0.4, -0.2) is 17.4 Å². The van der Waals surface area contributed by atoms with Crippen molar-refractivity contribution in [1.82, 2.24) is 4.90 Å². The van der Waals surface area contributed by atoms with Gasteiger partial charge in [0.15, 0.2) is 0 Å². The number of aryl methyl sites for hydroxylation is 2. The SMILES string of the molecule is Cc1ccccc1C1CCCN1C(=O)c1cccc(C)c1C. The van der Waals surface area contributed by atoms with Crippen molar-refractivity contribution in [2.75, 3.05) is 6.54 Å². The quantitative estimate of drug-likeness (QED) is 0.793. The van der Waals surface area contributed by atoms with Crippen LogP contribution in [0.1, 0.15) is 51.5 Å². The van der Waals surface area contributed by atoms with Crippen molar-refractivity contribution >= 4 is 5.91 Å². The van der Waals surface area contributed by atoms with Gasteiger partial charge in [-0.15, -0.1) is 0 Å². The van der Waals surface area contributed by atoms with Gasteiger partial charge in [-0.2, -0.15) is 0 Å². The largest absolute Gasteiger partial charge is 0.332 e. The van der Waals surface area contributed by atoms with Gasteiger partial charge in [-0.1, -0.05) is 36.4 Å². The third kappa shape index (κ3) is 2.54. The topological polar surface area (TPSA) is 20.3 Å². The Morgan fingerprint density at radius 3 is 2.50 bits per heavy atom. The highest BCUT2D eigenvalue weighted by molar-refractivity contribution is 5.96. The van der Waals surface area contributed by atoms with Gasteiger partial charge >= 0.3 is 0 Å². The van der Waals surface area contributed by atoms with Crippen LogP contribution in [0.4, 0.5) is 0 Å². The van der Waals surface area contributed by atoms with Crippen LogP contribution in [0.5, 0.6) is 0 Å². The molecule has 1 aliphatic heterocycles. The molecule has 0 N–H and O–H groups in total. The molecule has 2 nitrogen and oxygen atoms in total. The molecule has 1 saturated heterocycles. The highest BCUT2D eigenvalue weighted by Gasteiger charge is 2.31. The summed E-state index contributed by atoms with van der Waals surface area (Å²) in [5.74, 6) is 0.173. The summed E-state index contributed by atoms with van der Waals surface area (Å²) >= 11 is 0. The molecule has 22 heavy (non-hydrogen) atoms. The molecule has 1 aliphatic rings. The van der Waals surface area contributed by atoms with Crippen molar-refractivity contribution in [3.8, 4) is 0 Å². The van der Waals surface area contributed by atoms with E-state index in [1.807, 2.05) is 19.1 Å². The minimum absolute atomic E-state index is 0.173. The number of likely N-dealkylation sites (tertiary alicyclic amines) is 1. The molecular weight excluding hydrogens is 270 g/mol. The van der Waals surface area contributed by atoms with Crippen molar-refractivity contribution < 1.29 is 4.79 Å². The van der Waals surface area contributed by atoms with E-state index < -0.39 is 0 Å². The summed E-state index contributed by atoms with van der Waals surface area (Å²) in [5.41, 5.74) is 5.69. The second-order valence-corrected chi connectivity index (χ2v) is 6.26. The number of nitrogens with zero attached hydrogens (tertiary/aromatic N) is 1. The molecule has 0 spiro atoms. The summed E-state index contributed by atoms with van der Waals surface area (Å²) in [6, 6.07) is 14.6. The van der Waals surface area contributed by atoms with E-state index in [9.17, 15) is 4.79 Å². The number of amides is 1. The Bertz CT molecular complexity index is 705. The van der Waals surface area contributed by atoms with Crippen LogP contribution < -0.4 is 0 Å². The second kappa shape index (κ2) is 5.96. The Morgan fingerprint density at radius 2 is 1.73 bits per heavy atom. The van der Waals surface area contributed by atoms with Crippen LogP contribution in [0.2, 0.25) is 0 Å². The molecule has 0 aliphatic carbocycles. The fourth-order valence-electron chi connectivity index (χ4n) is 3.43. The summed E-state index contributed by atoms with van der Waals surface area (Å²) in [7, 11) is 0. The Kier molecular flexibility index (Phi) is 4.02. The van der Waals surface area contributed by atoms with E-state index in [0.717, 1.165) is 30.5 Å². The second-order valence-electron chi connectivity index (χ2n) is 6.26. The molecule has 1 heterocycles. The van der Waals surface area contributed by atoms with Crippen LogP contribution in [0, 0.1) is 20.8 Å². The van der Waals surface area contributed by atoms with Crippen molar-refractivity contribution in [2.45, 2.75) is 39.7 Å². The average Bonchev–Trinajstić information content (AvgIpc) is 2.99. The van der Waals surface area contributed by atoms with Gasteiger partial charge in [0.1, 0.15) is 0 Å². The standard InChI is InChI=1S/C20H23NO/c1-14-9-6-11-18(16(14)3)20(22)21-13-7-12-19(21)17-10-5-4-8-15(17)2/h4-6,8-11,19H,7,12-13H2,1-3H3. The van der Waals surface area contributed by atoms with E-state index >= 15 is 0 Å². The van der Waals surface area contributed by atoms with Gasteiger partial charge in [-0.25, -0.2) is 0 Å². The van der Waals surface area contributed by atoms with E-state index in [0.29, 0.717) is 0 Å². The summed E-state index contributed by atoms with van der Waals surface area (Å²) in [6.45, 7) is 7.09. The van der Waals surface area contributed by atoms with Crippen molar-refractivity contribution in [1.29, 1.82) is 0 Å². The lowest BCUT2D eigenvalue weighted by molar-refractivity contribution is 0.0734. The molecule has 0 aromatic heterocycles. The van der Waals surface area contributed by atoms with E-state index in [4.69, 9.17) is 0 Å². The highest BCUT2D eigenvalue weighted by Crippen LogP contribution is 2.35. The number of rotatable bonds is 2. The molecular formula is C20H23NO. The van der Waals surface area contributed by atoms with Gasteiger partial charge in [-0.05, 0) is 61.9 Å². The van der Waals surface area contributed by atoms with Crippen molar-refractivity contribution in [3.63, 3.8) is 0 Å². The molecule has 0 radical (unpaired) electrons. The fourth-order valence-corrected chi connectivity index (χ4v) is 3.43. The number of benzene rings is 2. The minimum atomic E-state index is 0.173. The normalized spacial score (nSPS) is 17.8. The maximum Gasteiger partial charge on any atom is 0.254 e. The molecule has 1 unspecified atom stereocenters. The molecule has 3 rings (SSSR count). The summed E-state index contributed by atoms with van der Waals surface area (Å²) in [5, 5.41) is 0. The first-order valence-electron chi connectivity index (χ1n) is 8.02. The predicted molar refractivity (Wildman–Crippen MR) is 90.1 cm³/mol. The van der Waals surface area contributed by atoms with Crippen LogP contribution in [-0.2, 0) is 0 Å². The predicted octanol–water partition coefficient (Wildman–Crippen LogP) is 4.59.